The Labute approximate surface area is 138 Å². The number of aliphatic hydroxyl groups is 2. The molecule has 0 spiro atoms. The zero-order valence-electron chi connectivity index (χ0n) is 13.7. The van der Waals surface area contributed by atoms with Gasteiger partial charge in [-0.05, 0) is 30.4 Å². The van der Waals surface area contributed by atoms with E-state index < -0.39 is 6.10 Å². The first-order chi connectivity index (χ1) is 11.1. The molecule has 0 aliphatic rings. The molecule has 0 amide bonds. The minimum Gasteiger partial charge on any atom is -0.465 e. The summed E-state index contributed by atoms with van der Waals surface area (Å²) in [5.41, 5.74) is 0. The first-order valence-electron chi connectivity index (χ1n) is 7.56. The fourth-order valence-electron chi connectivity index (χ4n) is 1.25. The second kappa shape index (κ2) is 14.7. The van der Waals surface area contributed by atoms with Gasteiger partial charge in [0.15, 0.2) is 0 Å². The van der Waals surface area contributed by atoms with Crippen LogP contribution in [-0.2, 0) is 9.53 Å². The summed E-state index contributed by atoms with van der Waals surface area (Å²) in [5.74, 6) is 10.2. The van der Waals surface area contributed by atoms with Crippen LogP contribution in [0.25, 0.3) is 0 Å². The Bertz CT molecular complexity index is 535. The summed E-state index contributed by atoms with van der Waals surface area (Å²) < 4.78 is 5.06. The van der Waals surface area contributed by atoms with Crippen molar-refractivity contribution in [3.63, 3.8) is 0 Å². The van der Waals surface area contributed by atoms with E-state index in [1.54, 1.807) is 24.3 Å². The summed E-state index contributed by atoms with van der Waals surface area (Å²) in [6, 6.07) is 0. The van der Waals surface area contributed by atoms with Crippen molar-refractivity contribution < 1.29 is 19.7 Å². The summed E-state index contributed by atoms with van der Waals surface area (Å²) in [6.45, 7) is 3.91. The van der Waals surface area contributed by atoms with Crippen molar-refractivity contribution in [3.8, 4) is 23.7 Å². The number of carbonyl (C=O) groups excluding carboxylic acids is 1. The quantitative estimate of drug-likeness (QED) is 0.408. The third-order valence-electron chi connectivity index (χ3n) is 2.81. The second-order valence-corrected chi connectivity index (χ2v) is 4.70. The van der Waals surface area contributed by atoms with Crippen LogP contribution in [0.4, 0.5) is 0 Å². The summed E-state index contributed by atoms with van der Waals surface area (Å²) in [5, 5.41) is 18.2. The van der Waals surface area contributed by atoms with Crippen LogP contribution in [0.1, 0.15) is 26.7 Å². The molecule has 0 aromatic rings. The molecule has 124 valence electrons. The predicted octanol–water partition coefficient (Wildman–Crippen LogP) is 1.99. The Morgan fingerprint density at radius 1 is 1.22 bits per heavy atom. The van der Waals surface area contributed by atoms with E-state index in [1.807, 2.05) is 13.8 Å². The largest absolute Gasteiger partial charge is 0.465 e. The van der Waals surface area contributed by atoms with Gasteiger partial charge in [-0.3, -0.25) is 4.79 Å². The van der Waals surface area contributed by atoms with Crippen LogP contribution in [0, 0.1) is 29.6 Å². The molecule has 23 heavy (non-hydrogen) atoms. The van der Waals surface area contributed by atoms with Gasteiger partial charge in [0.1, 0.15) is 0 Å². The number of hydrogen-bond acceptors (Lipinski definition) is 4. The predicted molar refractivity (Wildman–Crippen MR) is 91.1 cm³/mol. The molecule has 0 fully saturated rings. The van der Waals surface area contributed by atoms with Crippen molar-refractivity contribution in [2.24, 2.45) is 5.92 Å². The third-order valence-corrected chi connectivity index (χ3v) is 2.81. The lowest BCUT2D eigenvalue weighted by Crippen LogP contribution is -2.17. The summed E-state index contributed by atoms with van der Waals surface area (Å²) in [6.07, 6.45) is 10.1. The van der Waals surface area contributed by atoms with E-state index in [-0.39, 0.29) is 25.1 Å². The van der Waals surface area contributed by atoms with Gasteiger partial charge in [-0.25, -0.2) is 0 Å². The molecule has 0 saturated carbocycles. The number of carbonyl (C=O) groups is 1. The second-order valence-electron chi connectivity index (χ2n) is 4.70. The Kier molecular flexibility index (Phi) is 13.2. The minimum atomic E-state index is -0.666. The molecule has 4 nitrogen and oxygen atoms in total. The maximum absolute atomic E-state index is 11.4. The number of aliphatic hydroxyl groups excluding tert-OH is 2. The maximum atomic E-state index is 11.4. The highest BCUT2D eigenvalue weighted by Crippen LogP contribution is 2.04. The van der Waals surface area contributed by atoms with Crippen molar-refractivity contribution in [1.82, 2.24) is 0 Å². The Morgan fingerprint density at radius 2 is 1.91 bits per heavy atom. The lowest BCUT2D eigenvalue weighted by molar-refractivity contribution is -0.148. The van der Waals surface area contributed by atoms with Gasteiger partial charge in [-0.2, -0.15) is 0 Å². The highest BCUT2D eigenvalue weighted by molar-refractivity contribution is 5.71. The van der Waals surface area contributed by atoms with Crippen molar-refractivity contribution >= 4 is 5.97 Å². The molecule has 0 rings (SSSR count). The normalized spacial score (nSPS) is 13.4. The molecule has 0 radical (unpaired) electrons. The molecule has 2 atom stereocenters. The number of allylic oxidation sites excluding steroid dienone is 4. The van der Waals surface area contributed by atoms with Gasteiger partial charge in [-0.15, -0.1) is 0 Å². The molecule has 0 heterocycles. The monoisotopic (exact) mass is 316 g/mol. The van der Waals surface area contributed by atoms with Gasteiger partial charge in [0.2, 0.25) is 0 Å². The topological polar surface area (TPSA) is 66.8 Å². The minimum absolute atomic E-state index is 0.0358. The molecule has 0 unspecified atom stereocenters. The number of rotatable bonds is 8. The molecule has 0 bridgehead atoms. The van der Waals surface area contributed by atoms with Gasteiger partial charge in [-0.1, -0.05) is 50.0 Å². The third kappa shape index (κ3) is 13.1. The summed E-state index contributed by atoms with van der Waals surface area (Å²) in [4.78, 5) is 11.4. The average molecular weight is 316 g/mol. The van der Waals surface area contributed by atoms with Crippen molar-refractivity contribution in [3.05, 3.63) is 36.5 Å². The first-order valence-corrected chi connectivity index (χ1v) is 7.56. The molecule has 0 aliphatic carbocycles. The van der Waals surface area contributed by atoms with Crippen molar-refractivity contribution in [2.45, 2.75) is 32.8 Å². The zero-order valence-corrected chi connectivity index (χ0v) is 13.7. The van der Waals surface area contributed by atoms with Gasteiger partial charge in [0.25, 0.3) is 0 Å². The van der Waals surface area contributed by atoms with E-state index >= 15 is 0 Å². The number of hydrogen-bond donors (Lipinski definition) is 2. The van der Waals surface area contributed by atoms with Gasteiger partial charge < -0.3 is 14.9 Å². The summed E-state index contributed by atoms with van der Waals surface area (Å²) in [7, 11) is 0. The van der Waals surface area contributed by atoms with Crippen LogP contribution in [0.15, 0.2) is 36.5 Å². The fourth-order valence-corrected chi connectivity index (χ4v) is 1.25. The molecule has 4 heteroatoms. The highest BCUT2D eigenvalue weighted by Gasteiger charge is 2.11. The Balaban J connectivity index is 3.96. The van der Waals surface area contributed by atoms with E-state index in [0.717, 1.165) is 6.42 Å². The van der Waals surface area contributed by atoms with Crippen LogP contribution < -0.4 is 0 Å². The van der Waals surface area contributed by atoms with Crippen LogP contribution >= 0.6 is 0 Å². The van der Waals surface area contributed by atoms with Crippen molar-refractivity contribution in [2.75, 3.05) is 13.2 Å². The van der Waals surface area contributed by atoms with E-state index in [4.69, 9.17) is 9.84 Å². The number of esters is 1. The molecule has 0 aromatic heterocycles. The maximum Gasteiger partial charge on any atom is 0.308 e. The lowest BCUT2D eigenvalue weighted by atomic mass is 10.1. The summed E-state index contributed by atoms with van der Waals surface area (Å²) >= 11 is 0. The van der Waals surface area contributed by atoms with Gasteiger partial charge >= 0.3 is 5.97 Å². The van der Waals surface area contributed by atoms with Gasteiger partial charge in [0, 0.05) is 6.42 Å². The Morgan fingerprint density at radius 3 is 2.57 bits per heavy atom. The van der Waals surface area contributed by atoms with Crippen LogP contribution in [0.5, 0.6) is 0 Å². The van der Waals surface area contributed by atoms with E-state index in [0.29, 0.717) is 6.42 Å². The van der Waals surface area contributed by atoms with Gasteiger partial charge in [0.05, 0.1) is 25.2 Å². The Hall–Kier alpha value is -2.27. The molecule has 0 saturated heterocycles. The fraction of sp³-hybridized carbons (Fsp3) is 0.421. The average Bonchev–Trinajstić information content (AvgIpc) is 2.55. The van der Waals surface area contributed by atoms with Crippen LogP contribution in [0.2, 0.25) is 0 Å². The van der Waals surface area contributed by atoms with Crippen molar-refractivity contribution in [1.29, 1.82) is 0 Å². The smallest absolute Gasteiger partial charge is 0.308 e. The molecule has 0 aliphatic heterocycles. The van der Waals surface area contributed by atoms with Crippen LogP contribution in [0.3, 0.4) is 0 Å². The first kappa shape index (κ1) is 20.7. The molecule has 2 N–H and O–H groups in total. The van der Waals surface area contributed by atoms with E-state index in [9.17, 15) is 9.90 Å². The zero-order chi connectivity index (χ0) is 17.3. The highest BCUT2D eigenvalue weighted by atomic mass is 16.5. The van der Waals surface area contributed by atoms with E-state index in [1.165, 1.54) is 12.2 Å². The van der Waals surface area contributed by atoms with Crippen LogP contribution in [-0.4, -0.2) is 35.5 Å². The van der Waals surface area contributed by atoms with E-state index in [2.05, 4.69) is 23.7 Å². The lowest BCUT2D eigenvalue weighted by Gasteiger charge is -2.10. The molecular weight excluding hydrogens is 292 g/mol. The standard InChI is InChI=1S/C19H24O4/c1-3-17(2)19(22)23-16-14-18(21)13-11-9-7-5-4-6-8-10-12-15-20/h7,9-13,17-18,20-21H,3,14-16H2,1-2H3/b9-7-,12-10+,13-11-/t17-,18-/m0/s1. The molecule has 0 aromatic carbocycles. The molecular formula is C19H24O4. The number of ether oxygens (including phenoxy) is 1. The SMILES string of the molecule is CC[C@H](C)C(=O)OCC[C@@H](O)/C=C\C=C/C#CC#C/C=C/CO.